The van der Waals surface area contributed by atoms with E-state index in [2.05, 4.69) is 46.3 Å². The molecule has 9 nitrogen and oxygen atoms in total. The Kier molecular flexibility index (Phi) is 9.00. The summed E-state index contributed by atoms with van der Waals surface area (Å²) in [4.78, 5) is 31.6. The summed E-state index contributed by atoms with van der Waals surface area (Å²) in [5, 5.41) is 11.9. The third-order valence-corrected chi connectivity index (χ3v) is 9.65. The largest absolute Gasteiger partial charge is 0.379 e. The first-order valence-corrected chi connectivity index (χ1v) is 15.5. The Morgan fingerprint density at radius 1 is 1.18 bits per heavy atom. The maximum Gasteiger partial charge on any atom is 0.251 e. The molecule has 40 heavy (non-hydrogen) atoms. The highest BCUT2D eigenvalue weighted by atomic mass is 16.5. The Hall–Kier alpha value is -2.65. The molecule has 2 saturated heterocycles. The number of carbonyl (C=O) groups excluding carboxylic acids is 2. The van der Waals surface area contributed by atoms with Gasteiger partial charge in [-0.25, -0.2) is 0 Å². The lowest BCUT2D eigenvalue weighted by Gasteiger charge is -2.43. The Morgan fingerprint density at radius 2 is 1.90 bits per heavy atom. The Labute approximate surface area is 239 Å². The van der Waals surface area contributed by atoms with Crippen molar-refractivity contribution in [1.29, 1.82) is 0 Å². The molecule has 3 unspecified atom stereocenters. The van der Waals surface area contributed by atoms with Crippen molar-refractivity contribution in [2.24, 2.45) is 18.9 Å². The standard InChI is InChI=1S/C31H48N6O3/c1-6-24-25(30(38)32-18-26-20(3)16-21(4)34-31(26)39)17-28-27(19-33-35(28)5)29(24)37(7-2)23-10-8-22(9-11-23)36-12-14-40-15-13-36/h17,19-23,26H,6-16,18H2,1-5H3,(H,32,38)(H,34,39). The maximum atomic E-state index is 13.8. The number of carbonyl (C=O) groups is 2. The first-order valence-electron chi connectivity index (χ1n) is 15.5. The van der Waals surface area contributed by atoms with Crippen molar-refractivity contribution in [3.05, 3.63) is 23.4 Å². The van der Waals surface area contributed by atoms with E-state index in [1.54, 1.807) is 0 Å². The summed E-state index contributed by atoms with van der Waals surface area (Å²) in [6.07, 6.45) is 8.31. The molecule has 0 spiro atoms. The van der Waals surface area contributed by atoms with E-state index in [-0.39, 0.29) is 29.7 Å². The van der Waals surface area contributed by atoms with E-state index in [1.165, 1.54) is 12.8 Å². The number of anilines is 1. The van der Waals surface area contributed by atoms with Crippen LogP contribution in [0.25, 0.3) is 10.9 Å². The van der Waals surface area contributed by atoms with E-state index in [4.69, 9.17) is 4.74 Å². The number of morpholine rings is 1. The highest BCUT2D eigenvalue weighted by Crippen LogP contribution is 2.38. The number of nitrogens with one attached hydrogen (secondary N) is 2. The molecule has 1 aromatic carbocycles. The van der Waals surface area contributed by atoms with Crippen LogP contribution in [0, 0.1) is 11.8 Å². The van der Waals surface area contributed by atoms with Crippen molar-refractivity contribution in [2.75, 3.05) is 44.3 Å². The molecule has 5 rings (SSSR count). The highest BCUT2D eigenvalue weighted by molar-refractivity contribution is 6.05. The number of fused-ring (bicyclic) bond motifs is 1. The summed E-state index contributed by atoms with van der Waals surface area (Å²) >= 11 is 0. The van der Waals surface area contributed by atoms with Crippen LogP contribution in [0.2, 0.25) is 0 Å². The van der Waals surface area contributed by atoms with Crippen LogP contribution in [0.1, 0.15) is 75.7 Å². The van der Waals surface area contributed by atoms with Gasteiger partial charge in [0.15, 0.2) is 0 Å². The lowest BCUT2D eigenvalue weighted by atomic mass is 9.84. The van der Waals surface area contributed by atoms with Crippen LogP contribution < -0.4 is 15.5 Å². The zero-order valence-electron chi connectivity index (χ0n) is 25.0. The number of piperidine rings is 1. The average molecular weight is 553 g/mol. The molecule has 2 N–H and O–H groups in total. The molecule has 3 atom stereocenters. The van der Waals surface area contributed by atoms with Crippen LogP contribution in [0.15, 0.2) is 12.3 Å². The van der Waals surface area contributed by atoms with Crippen LogP contribution in [0.4, 0.5) is 5.69 Å². The second-order valence-electron chi connectivity index (χ2n) is 12.1. The summed E-state index contributed by atoms with van der Waals surface area (Å²) < 4.78 is 7.45. The van der Waals surface area contributed by atoms with Gasteiger partial charge >= 0.3 is 0 Å². The SMILES string of the molecule is CCc1c(C(=O)NCC2C(=O)NC(C)CC2C)cc2c(cnn2C)c1N(CC)C1CCC(N2CCOCC2)CC1. The third kappa shape index (κ3) is 5.73. The third-order valence-electron chi connectivity index (χ3n) is 9.65. The molecule has 3 fully saturated rings. The van der Waals surface area contributed by atoms with Gasteiger partial charge < -0.3 is 20.3 Å². The van der Waals surface area contributed by atoms with Crippen LogP contribution >= 0.6 is 0 Å². The Morgan fingerprint density at radius 3 is 2.55 bits per heavy atom. The van der Waals surface area contributed by atoms with E-state index in [1.807, 2.05) is 30.9 Å². The van der Waals surface area contributed by atoms with E-state index in [0.29, 0.717) is 24.2 Å². The zero-order chi connectivity index (χ0) is 28.4. The number of benzene rings is 1. The smallest absolute Gasteiger partial charge is 0.251 e. The first kappa shape index (κ1) is 28.9. The Balaban J connectivity index is 1.40. The van der Waals surface area contributed by atoms with Crippen LogP contribution in [-0.2, 0) is 23.0 Å². The average Bonchev–Trinajstić information content (AvgIpc) is 3.33. The second-order valence-corrected chi connectivity index (χ2v) is 12.1. The highest BCUT2D eigenvalue weighted by Gasteiger charge is 2.34. The van der Waals surface area contributed by atoms with Gasteiger partial charge in [0, 0.05) is 62.3 Å². The summed E-state index contributed by atoms with van der Waals surface area (Å²) in [6.45, 7) is 13.5. The number of amides is 2. The summed E-state index contributed by atoms with van der Waals surface area (Å²) in [5.74, 6) is -0.0475. The molecule has 3 heterocycles. The second kappa shape index (κ2) is 12.5. The van der Waals surface area contributed by atoms with Gasteiger partial charge in [-0.3, -0.25) is 19.2 Å². The number of nitrogens with zero attached hydrogens (tertiary/aromatic N) is 4. The van der Waals surface area contributed by atoms with Gasteiger partial charge in [0.2, 0.25) is 5.91 Å². The number of ether oxygens (including phenoxy) is 1. The van der Waals surface area contributed by atoms with Crippen molar-refractivity contribution >= 4 is 28.4 Å². The van der Waals surface area contributed by atoms with Gasteiger partial charge in [0.25, 0.3) is 5.91 Å². The molecule has 1 saturated carbocycles. The van der Waals surface area contributed by atoms with Crippen molar-refractivity contribution in [3.63, 3.8) is 0 Å². The van der Waals surface area contributed by atoms with Crippen LogP contribution in [0.3, 0.4) is 0 Å². The zero-order valence-corrected chi connectivity index (χ0v) is 25.0. The quantitative estimate of drug-likeness (QED) is 0.521. The van der Waals surface area contributed by atoms with Crippen molar-refractivity contribution in [3.8, 4) is 0 Å². The first-order chi connectivity index (χ1) is 19.3. The number of hydrogen-bond donors (Lipinski definition) is 2. The topological polar surface area (TPSA) is 91.7 Å². The van der Waals surface area contributed by atoms with Crippen LogP contribution in [-0.4, -0.2) is 84.0 Å². The predicted octanol–water partition coefficient (Wildman–Crippen LogP) is 3.50. The molecular formula is C31H48N6O3. The van der Waals surface area contributed by atoms with E-state index in [9.17, 15) is 9.59 Å². The fraction of sp³-hybridized carbons (Fsp3) is 0.710. The van der Waals surface area contributed by atoms with Gasteiger partial charge in [-0.1, -0.05) is 13.8 Å². The molecule has 2 amide bonds. The van der Waals surface area contributed by atoms with E-state index < -0.39 is 0 Å². The molecule has 220 valence electrons. The van der Waals surface area contributed by atoms with Gasteiger partial charge in [0.1, 0.15) is 0 Å². The van der Waals surface area contributed by atoms with Gasteiger partial charge in [0.05, 0.1) is 36.5 Å². The minimum atomic E-state index is -0.209. The maximum absolute atomic E-state index is 13.8. The molecule has 1 aromatic heterocycles. The van der Waals surface area contributed by atoms with Crippen LogP contribution in [0.5, 0.6) is 0 Å². The monoisotopic (exact) mass is 552 g/mol. The van der Waals surface area contributed by atoms with Gasteiger partial charge in [-0.05, 0) is 69.9 Å². The molecule has 9 heteroatoms. The molecule has 1 aliphatic carbocycles. The number of aromatic nitrogens is 2. The number of rotatable bonds is 8. The van der Waals surface area contributed by atoms with Gasteiger partial charge in [-0.2, -0.15) is 5.10 Å². The molecule has 2 aromatic rings. The number of aryl methyl sites for hydroxylation is 1. The minimum Gasteiger partial charge on any atom is -0.379 e. The number of hydrogen-bond acceptors (Lipinski definition) is 6. The molecule has 2 aliphatic heterocycles. The molecule has 3 aliphatic rings. The molecule has 0 bridgehead atoms. The summed E-state index contributed by atoms with van der Waals surface area (Å²) in [7, 11) is 1.94. The van der Waals surface area contributed by atoms with Crippen molar-refractivity contribution in [2.45, 2.75) is 84.3 Å². The van der Waals surface area contributed by atoms with Gasteiger partial charge in [-0.15, -0.1) is 0 Å². The van der Waals surface area contributed by atoms with Crippen molar-refractivity contribution < 1.29 is 14.3 Å². The normalized spacial score (nSPS) is 27.9. The Bertz CT molecular complexity index is 1200. The van der Waals surface area contributed by atoms with E-state index in [0.717, 1.165) is 80.7 Å². The lowest BCUT2D eigenvalue weighted by Crippen LogP contribution is -2.50. The molecular weight excluding hydrogens is 504 g/mol. The summed E-state index contributed by atoms with van der Waals surface area (Å²) in [6, 6.07) is 3.25. The van der Waals surface area contributed by atoms with E-state index >= 15 is 0 Å². The molecule has 0 radical (unpaired) electrons. The summed E-state index contributed by atoms with van der Waals surface area (Å²) in [5.41, 5.74) is 3.90. The fourth-order valence-electron chi connectivity index (χ4n) is 7.46. The minimum absolute atomic E-state index is 0.0369. The predicted molar refractivity (Wildman–Crippen MR) is 159 cm³/mol. The lowest BCUT2D eigenvalue weighted by molar-refractivity contribution is -0.129. The fourth-order valence-corrected chi connectivity index (χ4v) is 7.46. The van der Waals surface area contributed by atoms with Crippen molar-refractivity contribution in [1.82, 2.24) is 25.3 Å².